The standard InChI is InChI=1S/C31H32F6N4O4/c1-29(2,3)45-28(43)41-15-5-6-22(41)18-44-25-16-21(12-13-24(25)30(33,34)31(35,36)37)40-27(42)23-7-4-14-38-26(23)39-17-19-8-10-20(32)11-9-19/h4,7-14,16,22H,5-6,15,17-18H2,1-3H3,(H,38,39)(H,40,42)/t22-/m1/s1. The van der Waals surface area contributed by atoms with Crippen LogP contribution in [0.2, 0.25) is 0 Å². The summed E-state index contributed by atoms with van der Waals surface area (Å²) in [5.74, 6) is -7.08. The molecule has 0 saturated carbocycles. The van der Waals surface area contributed by atoms with Gasteiger partial charge in [0.2, 0.25) is 0 Å². The highest BCUT2D eigenvalue weighted by molar-refractivity contribution is 6.07. The molecule has 1 fully saturated rings. The first-order valence-electron chi connectivity index (χ1n) is 14.0. The molecule has 2 N–H and O–H groups in total. The second-order valence-corrected chi connectivity index (χ2v) is 11.4. The van der Waals surface area contributed by atoms with Gasteiger partial charge in [-0.2, -0.15) is 22.0 Å². The summed E-state index contributed by atoms with van der Waals surface area (Å²) in [6, 6.07) is 10.2. The summed E-state index contributed by atoms with van der Waals surface area (Å²) in [6.07, 6.45) is -4.19. The Morgan fingerprint density at radius 2 is 1.73 bits per heavy atom. The molecule has 2 amide bonds. The molecular formula is C31H32F6N4O4. The molecule has 3 aromatic rings. The van der Waals surface area contributed by atoms with Crippen molar-refractivity contribution in [3.8, 4) is 5.75 Å². The highest BCUT2D eigenvalue weighted by Gasteiger charge is 2.60. The maximum Gasteiger partial charge on any atom is 0.458 e. The van der Waals surface area contributed by atoms with Crippen molar-refractivity contribution in [3.05, 3.63) is 83.3 Å². The lowest BCUT2D eigenvalue weighted by Crippen LogP contribution is -2.42. The minimum Gasteiger partial charge on any atom is -0.491 e. The van der Waals surface area contributed by atoms with Gasteiger partial charge in [0.15, 0.2) is 0 Å². The van der Waals surface area contributed by atoms with Crippen LogP contribution in [0.3, 0.4) is 0 Å². The Morgan fingerprint density at radius 1 is 1.02 bits per heavy atom. The lowest BCUT2D eigenvalue weighted by molar-refractivity contribution is -0.289. The number of carbonyl (C=O) groups excluding carboxylic acids is 2. The first-order chi connectivity index (χ1) is 21.0. The zero-order valence-electron chi connectivity index (χ0n) is 24.7. The van der Waals surface area contributed by atoms with Gasteiger partial charge in [0, 0.05) is 31.0 Å². The molecule has 1 aliphatic rings. The number of anilines is 2. The number of halogens is 6. The molecule has 4 rings (SSSR count). The molecule has 0 aliphatic carbocycles. The molecule has 0 spiro atoms. The number of ether oxygens (including phenoxy) is 2. The van der Waals surface area contributed by atoms with Crippen molar-refractivity contribution in [2.45, 2.75) is 63.9 Å². The Kier molecular flexibility index (Phi) is 9.83. The number of pyridine rings is 1. The van der Waals surface area contributed by atoms with E-state index in [1.54, 1.807) is 32.9 Å². The maximum absolute atomic E-state index is 14.6. The molecule has 1 atom stereocenters. The number of carbonyl (C=O) groups is 2. The zero-order valence-corrected chi connectivity index (χ0v) is 24.7. The molecule has 1 saturated heterocycles. The van der Waals surface area contributed by atoms with Gasteiger partial charge in [-0.1, -0.05) is 12.1 Å². The Labute approximate surface area is 255 Å². The number of rotatable bonds is 9. The van der Waals surface area contributed by atoms with Gasteiger partial charge in [-0.25, -0.2) is 14.2 Å². The third-order valence-corrected chi connectivity index (χ3v) is 6.80. The number of aromatic nitrogens is 1. The lowest BCUT2D eigenvalue weighted by Gasteiger charge is -2.29. The van der Waals surface area contributed by atoms with Crippen LogP contribution in [0.15, 0.2) is 60.8 Å². The van der Waals surface area contributed by atoms with E-state index in [4.69, 9.17) is 9.47 Å². The molecule has 0 bridgehead atoms. The predicted molar refractivity (Wildman–Crippen MR) is 154 cm³/mol. The van der Waals surface area contributed by atoms with Crippen LogP contribution in [0, 0.1) is 5.82 Å². The van der Waals surface area contributed by atoms with Gasteiger partial charge in [0.1, 0.15) is 29.6 Å². The van der Waals surface area contributed by atoms with Crippen LogP contribution in [0.25, 0.3) is 0 Å². The maximum atomic E-state index is 14.6. The van der Waals surface area contributed by atoms with Gasteiger partial charge in [0.05, 0.1) is 17.2 Å². The van der Waals surface area contributed by atoms with Gasteiger partial charge in [-0.3, -0.25) is 4.79 Å². The zero-order chi connectivity index (χ0) is 33.0. The van der Waals surface area contributed by atoms with Crippen LogP contribution in [0.4, 0.5) is 42.6 Å². The van der Waals surface area contributed by atoms with Gasteiger partial charge in [-0.05, 0) is 75.6 Å². The topological polar surface area (TPSA) is 92.8 Å². The fraction of sp³-hybridized carbons (Fsp3) is 0.387. The molecule has 0 radical (unpaired) electrons. The molecule has 0 unspecified atom stereocenters. The molecule has 1 aliphatic heterocycles. The molecule has 2 aromatic carbocycles. The van der Waals surface area contributed by atoms with E-state index in [0.29, 0.717) is 31.0 Å². The van der Waals surface area contributed by atoms with Gasteiger partial charge in [-0.15, -0.1) is 0 Å². The average molecular weight is 639 g/mol. The molecular weight excluding hydrogens is 606 g/mol. The van der Waals surface area contributed by atoms with E-state index in [2.05, 4.69) is 15.6 Å². The number of hydrogen-bond acceptors (Lipinski definition) is 6. The molecule has 1 aromatic heterocycles. The van der Waals surface area contributed by atoms with Crippen molar-refractivity contribution in [1.82, 2.24) is 9.88 Å². The first kappa shape index (κ1) is 33.4. The smallest absolute Gasteiger partial charge is 0.458 e. The third kappa shape index (κ3) is 8.37. The second kappa shape index (κ2) is 13.2. The first-order valence-corrected chi connectivity index (χ1v) is 14.0. The van der Waals surface area contributed by atoms with Crippen LogP contribution < -0.4 is 15.4 Å². The Hall–Kier alpha value is -4.49. The number of amides is 2. The Bertz CT molecular complexity index is 1510. The SMILES string of the molecule is CC(C)(C)OC(=O)N1CCC[C@@H]1COc1cc(NC(=O)c2cccnc2NCc2ccc(F)cc2)ccc1C(F)(F)C(F)(F)F. The third-order valence-electron chi connectivity index (χ3n) is 6.80. The number of nitrogens with zero attached hydrogens (tertiary/aromatic N) is 2. The van der Waals surface area contributed by atoms with E-state index in [-0.39, 0.29) is 23.6 Å². The van der Waals surface area contributed by atoms with Crippen LogP contribution in [0.5, 0.6) is 5.75 Å². The summed E-state index contributed by atoms with van der Waals surface area (Å²) in [7, 11) is 0. The van der Waals surface area contributed by atoms with Crippen molar-refractivity contribution >= 4 is 23.5 Å². The van der Waals surface area contributed by atoms with Gasteiger partial charge >= 0.3 is 18.2 Å². The molecule has 14 heteroatoms. The number of nitrogens with one attached hydrogen (secondary N) is 2. The fourth-order valence-corrected chi connectivity index (χ4v) is 4.60. The Morgan fingerprint density at radius 3 is 2.40 bits per heavy atom. The van der Waals surface area contributed by atoms with E-state index in [0.717, 1.165) is 12.1 Å². The number of alkyl halides is 5. The minimum absolute atomic E-state index is 0.0470. The summed E-state index contributed by atoms with van der Waals surface area (Å²) in [5, 5.41) is 5.45. The molecule has 2 heterocycles. The van der Waals surface area contributed by atoms with Crippen molar-refractivity contribution in [2.24, 2.45) is 0 Å². The highest BCUT2D eigenvalue weighted by atomic mass is 19.4. The van der Waals surface area contributed by atoms with Gasteiger partial charge < -0.3 is 25.0 Å². The highest BCUT2D eigenvalue weighted by Crippen LogP contribution is 2.48. The lowest BCUT2D eigenvalue weighted by atomic mass is 10.1. The van der Waals surface area contributed by atoms with Crippen molar-refractivity contribution in [3.63, 3.8) is 0 Å². The normalized spacial score (nSPS) is 15.5. The summed E-state index contributed by atoms with van der Waals surface area (Å²) in [4.78, 5) is 31.3. The van der Waals surface area contributed by atoms with Gasteiger partial charge in [0.25, 0.3) is 5.91 Å². The predicted octanol–water partition coefficient (Wildman–Crippen LogP) is 7.52. The van der Waals surface area contributed by atoms with Crippen LogP contribution in [0.1, 0.15) is 55.1 Å². The number of benzene rings is 2. The number of likely N-dealkylation sites (tertiary alicyclic amines) is 1. The summed E-state index contributed by atoms with van der Waals surface area (Å²) in [6.45, 7) is 5.12. The molecule has 242 valence electrons. The average Bonchev–Trinajstić information content (AvgIpc) is 3.43. The minimum atomic E-state index is -5.92. The Balaban J connectivity index is 1.55. The monoisotopic (exact) mass is 638 g/mol. The second-order valence-electron chi connectivity index (χ2n) is 11.4. The van der Waals surface area contributed by atoms with E-state index in [9.17, 15) is 35.9 Å². The van der Waals surface area contributed by atoms with E-state index in [1.165, 1.54) is 35.4 Å². The van der Waals surface area contributed by atoms with Crippen molar-refractivity contribution in [2.75, 3.05) is 23.8 Å². The molecule has 8 nitrogen and oxygen atoms in total. The van der Waals surface area contributed by atoms with Crippen LogP contribution >= 0.6 is 0 Å². The summed E-state index contributed by atoms with van der Waals surface area (Å²) >= 11 is 0. The van der Waals surface area contributed by atoms with E-state index in [1.807, 2.05) is 0 Å². The fourth-order valence-electron chi connectivity index (χ4n) is 4.60. The van der Waals surface area contributed by atoms with Crippen LogP contribution in [-0.2, 0) is 17.2 Å². The summed E-state index contributed by atoms with van der Waals surface area (Å²) in [5.41, 5.74) is -1.63. The number of hydrogen-bond donors (Lipinski definition) is 2. The van der Waals surface area contributed by atoms with Crippen LogP contribution in [-0.4, -0.2) is 52.9 Å². The van der Waals surface area contributed by atoms with Crippen molar-refractivity contribution < 1.29 is 45.4 Å². The van der Waals surface area contributed by atoms with E-state index >= 15 is 0 Å². The van der Waals surface area contributed by atoms with E-state index < -0.39 is 59.5 Å². The largest absolute Gasteiger partial charge is 0.491 e. The molecule has 45 heavy (non-hydrogen) atoms. The quantitative estimate of drug-likeness (QED) is 0.236. The van der Waals surface area contributed by atoms with Crippen molar-refractivity contribution in [1.29, 1.82) is 0 Å². The summed E-state index contributed by atoms with van der Waals surface area (Å²) < 4.78 is 93.4.